The molecule has 2 aromatic heterocycles. The molecule has 2 heterocycles. The molecule has 0 bridgehead atoms. The van der Waals surface area contributed by atoms with Gasteiger partial charge in [-0.2, -0.15) is 0 Å². The van der Waals surface area contributed by atoms with E-state index in [1.54, 1.807) is 10.6 Å². The van der Waals surface area contributed by atoms with Crippen LogP contribution in [0.2, 0.25) is 5.15 Å². The van der Waals surface area contributed by atoms with E-state index in [9.17, 15) is 0 Å². The minimum atomic E-state index is 0.534. The van der Waals surface area contributed by atoms with Crippen molar-refractivity contribution < 1.29 is 0 Å². The molecule has 0 unspecified atom stereocenters. The largest absolute Gasteiger partial charge is 0.398 e. The maximum absolute atomic E-state index is 6.05. The molecule has 1 aromatic carbocycles. The summed E-state index contributed by atoms with van der Waals surface area (Å²) in [4.78, 5) is 4.43. The molecule has 4 nitrogen and oxygen atoms in total. The number of aryl methyl sites for hydroxylation is 1. The Hall–Kier alpha value is -2.07. The highest BCUT2D eigenvalue weighted by Crippen LogP contribution is 2.22. The zero-order valence-electron chi connectivity index (χ0n) is 9.76. The number of nitrogens with two attached hydrogens (primary N) is 1. The molecular formula is C13H11ClN4. The zero-order chi connectivity index (χ0) is 12.7. The Balaban J connectivity index is 2.19. The highest BCUT2D eigenvalue weighted by Gasteiger charge is 2.08. The molecule has 90 valence electrons. The molecule has 0 aliphatic carbocycles. The van der Waals surface area contributed by atoms with Crippen molar-refractivity contribution in [3.63, 3.8) is 0 Å². The van der Waals surface area contributed by atoms with E-state index in [-0.39, 0.29) is 0 Å². The average molecular weight is 259 g/mol. The molecule has 3 aromatic rings. The maximum Gasteiger partial charge on any atom is 0.182 e. The second-order valence-electron chi connectivity index (χ2n) is 4.13. The van der Waals surface area contributed by atoms with Crippen molar-refractivity contribution in [3.05, 3.63) is 47.1 Å². The first-order valence-electron chi connectivity index (χ1n) is 5.53. The van der Waals surface area contributed by atoms with Crippen molar-refractivity contribution in [2.75, 3.05) is 5.73 Å². The number of pyridine rings is 1. The van der Waals surface area contributed by atoms with E-state index >= 15 is 0 Å². The van der Waals surface area contributed by atoms with Gasteiger partial charge in [-0.05, 0) is 30.7 Å². The first kappa shape index (κ1) is 11.0. The number of fused-ring (bicyclic) bond motifs is 1. The number of hydrogen-bond acceptors (Lipinski definition) is 3. The van der Waals surface area contributed by atoms with Crippen LogP contribution in [0.25, 0.3) is 17.0 Å². The van der Waals surface area contributed by atoms with Crippen molar-refractivity contribution in [2.24, 2.45) is 0 Å². The molecule has 0 atom stereocenters. The van der Waals surface area contributed by atoms with Gasteiger partial charge in [0.2, 0.25) is 0 Å². The van der Waals surface area contributed by atoms with Gasteiger partial charge in [-0.1, -0.05) is 29.8 Å². The van der Waals surface area contributed by atoms with Crippen LogP contribution in [0.15, 0.2) is 36.4 Å². The number of halogens is 1. The lowest BCUT2D eigenvalue weighted by molar-refractivity contribution is 0.966. The predicted octanol–water partition coefficient (Wildman–Crippen LogP) is 2.94. The van der Waals surface area contributed by atoms with Gasteiger partial charge < -0.3 is 5.73 Å². The highest BCUT2D eigenvalue weighted by molar-refractivity contribution is 6.29. The van der Waals surface area contributed by atoms with E-state index in [2.05, 4.69) is 10.1 Å². The summed E-state index contributed by atoms with van der Waals surface area (Å²) in [5.41, 5.74) is 9.28. The molecule has 0 fully saturated rings. The summed E-state index contributed by atoms with van der Waals surface area (Å²) in [6.07, 6.45) is 0. The molecule has 5 heteroatoms. The Morgan fingerprint density at radius 3 is 2.78 bits per heavy atom. The quantitative estimate of drug-likeness (QED) is 0.539. The smallest absolute Gasteiger partial charge is 0.182 e. The van der Waals surface area contributed by atoms with Gasteiger partial charge in [0.1, 0.15) is 5.15 Å². The molecule has 18 heavy (non-hydrogen) atoms. The lowest BCUT2D eigenvalue weighted by atomic mass is 10.1. The van der Waals surface area contributed by atoms with E-state index < -0.39 is 0 Å². The fourth-order valence-electron chi connectivity index (χ4n) is 1.78. The fourth-order valence-corrected chi connectivity index (χ4v) is 1.97. The standard InChI is InChI=1S/C13H11ClN4/c1-8-5-6-9(7-10(8)15)13-16-12-4-2-3-11(14)18(12)17-13/h2-7H,15H2,1H3. The van der Waals surface area contributed by atoms with E-state index in [1.807, 2.05) is 37.3 Å². The summed E-state index contributed by atoms with van der Waals surface area (Å²) in [6, 6.07) is 11.3. The van der Waals surface area contributed by atoms with Gasteiger partial charge in [0, 0.05) is 11.3 Å². The monoisotopic (exact) mass is 258 g/mol. The Morgan fingerprint density at radius 2 is 2.06 bits per heavy atom. The second-order valence-corrected chi connectivity index (χ2v) is 4.51. The Bertz CT molecular complexity index is 733. The summed E-state index contributed by atoms with van der Waals surface area (Å²) in [6.45, 7) is 1.97. The zero-order valence-corrected chi connectivity index (χ0v) is 10.5. The van der Waals surface area contributed by atoms with Gasteiger partial charge in [-0.15, -0.1) is 5.10 Å². The molecule has 0 saturated carbocycles. The second kappa shape index (κ2) is 3.99. The number of aromatic nitrogens is 3. The van der Waals surface area contributed by atoms with Gasteiger partial charge >= 0.3 is 0 Å². The Morgan fingerprint density at radius 1 is 1.22 bits per heavy atom. The third-order valence-electron chi connectivity index (χ3n) is 2.85. The molecule has 0 spiro atoms. The topological polar surface area (TPSA) is 56.2 Å². The summed E-state index contributed by atoms with van der Waals surface area (Å²) >= 11 is 6.05. The van der Waals surface area contributed by atoms with Crippen LogP contribution >= 0.6 is 11.6 Å². The molecule has 0 saturated heterocycles. The van der Waals surface area contributed by atoms with Crippen molar-refractivity contribution in [2.45, 2.75) is 6.92 Å². The third kappa shape index (κ3) is 1.71. The Kier molecular flexibility index (Phi) is 2.45. The van der Waals surface area contributed by atoms with E-state index in [4.69, 9.17) is 17.3 Å². The van der Waals surface area contributed by atoms with Crippen LogP contribution in [0.3, 0.4) is 0 Å². The fraction of sp³-hybridized carbons (Fsp3) is 0.0769. The van der Waals surface area contributed by atoms with E-state index in [0.29, 0.717) is 11.0 Å². The van der Waals surface area contributed by atoms with Crippen LogP contribution in [0.4, 0.5) is 5.69 Å². The minimum absolute atomic E-state index is 0.534. The van der Waals surface area contributed by atoms with Gasteiger partial charge in [0.15, 0.2) is 11.5 Å². The van der Waals surface area contributed by atoms with E-state index in [1.165, 1.54) is 0 Å². The van der Waals surface area contributed by atoms with E-state index in [0.717, 1.165) is 22.5 Å². The summed E-state index contributed by atoms with van der Waals surface area (Å²) in [7, 11) is 0. The van der Waals surface area contributed by atoms with Crippen LogP contribution in [0, 0.1) is 6.92 Å². The van der Waals surface area contributed by atoms with Crippen LogP contribution in [0.5, 0.6) is 0 Å². The van der Waals surface area contributed by atoms with Crippen molar-refractivity contribution in [1.29, 1.82) is 0 Å². The molecule has 0 aliphatic heterocycles. The van der Waals surface area contributed by atoms with Gasteiger partial charge in [0.25, 0.3) is 0 Å². The minimum Gasteiger partial charge on any atom is -0.398 e. The molecule has 2 N–H and O–H groups in total. The van der Waals surface area contributed by atoms with Gasteiger partial charge in [-0.3, -0.25) is 0 Å². The number of benzene rings is 1. The lowest BCUT2D eigenvalue weighted by Gasteiger charge is -2.01. The normalized spacial score (nSPS) is 11.0. The van der Waals surface area contributed by atoms with Crippen LogP contribution < -0.4 is 5.73 Å². The molecule has 0 amide bonds. The number of hydrogen-bond donors (Lipinski definition) is 1. The van der Waals surface area contributed by atoms with Crippen LogP contribution in [-0.4, -0.2) is 14.6 Å². The first-order chi connectivity index (χ1) is 8.65. The number of rotatable bonds is 1. The molecular weight excluding hydrogens is 248 g/mol. The molecule has 0 radical (unpaired) electrons. The first-order valence-corrected chi connectivity index (χ1v) is 5.91. The molecule has 0 aliphatic rings. The van der Waals surface area contributed by atoms with Crippen molar-refractivity contribution in [3.8, 4) is 11.4 Å². The summed E-state index contributed by atoms with van der Waals surface area (Å²) in [5, 5.41) is 4.90. The maximum atomic E-state index is 6.05. The van der Waals surface area contributed by atoms with Gasteiger partial charge in [0.05, 0.1) is 0 Å². The summed E-state index contributed by atoms with van der Waals surface area (Å²) in [5.74, 6) is 0.620. The van der Waals surface area contributed by atoms with Crippen LogP contribution in [0.1, 0.15) is 5.56 Å². The molecule has 3 rings (SSSR count). The highest BCUT2D eigenvalue weighted by atomic mass is 35.5. The Labute approximate surface area is 109 Å². The SMILES string of the molecule is Cc1ccc(-c2nc3cccc(Cl)n3n2)cc1N. The lowest BCUT2D eigenvalue weighted by Crippen LogP contribution is -1.91. The summed E-state index contributed by atoms with van der Waals surface area (Å²) < 4.78 is 1.60. The van der Waals surface area contributed by atoms with Gasteiger partial charge in [-0.25, -0.2) is 9.50 Å². The van der Waals surface area contributed by atoms with Crippen molar-refractivity contribution in [1.82, 2.24) is 14.6 Å². The third-order valence-corrected chi connectivity index (χ3v) is 3.14. The van der Waals surface area contributed by atoms with Crippen molar-refractivity contribution >= 4 is 22.9 Å². The number of nitrogen functional groups attached to an aromatic ring is 1. The van der Waals surface area contributed by atoms with Crippen LogP contribution in [-0.2, 0) is 0 Å². The average Bonchev–Trinajstić information content (AvgIpc) is 2.78. The number of anilines is 1. The number of nitrogens with zero attached hydrogens (tertiary/aromatic N) is 3. The predicted molar refractivity (Wildman–Crippen MR) is 72.6 cm³/mol.